The summed E-state index contributed by atoms with van der Waals surface area (Å²) >= 11 is 0. The van der Waals surface area contributed by atoms with Crippen LogP contribution in [0.2, 0.25) is 0 Å². The van der Waals surface area contributed by atoms with Crippen LogP contribution in [-0.2, 0) is 14.8 Å². The topological polar surface area (TPSA) is 82.9 Å². The van der Waals surface area contributed by atoms with Crippen LogP contribution >= 0.6 is 0 Å². The van der Waals surface area contributed by atoms with Crippen LogP contribution in [0.3, 0.4) is 0 Å². The van der Waals surface area contributed by atoms with Gasteiger partial charge in [0.1, 0.15) is 5.76 Å². The zero-order valence-corrected chi connectivity index (χ0v) is 15.5. The first kappa shape index (κ1) is 18.6. The van der Waals surface area contributed by atoms with E-state index in [1.165, 1.54) is 4.31 Å². The van der Waals surface area contributed by atoms with Gasteiger partial charge in [-0.15, -0.1) is 0 Å². The third-order valence-corrected chi connectivity index (χ3v) is 6.34. The van der Waals surface area contributed by atoms with Crippen LogP contribution in [0, 0.1) is 0 Å². The van der Waals surface area contributed by atoms with Crippen LogP contribution in [-0.4, -0.2) is 56.3 Å². The number of piperazine rings is 1. The quantitative estimate of drug-likeness (QED) is 0.824. The molecule has 0 spiro atoms. The Morgan fingerprint density at radius 2 is 1.81 bits per heavy atom. The van der Waals surface area contributed by atoms with E-state index in [9.17, 15) is 13.2 Å². The smallest absolute Gasteiger partial charge is 0.243 e. The number of sulfonamides is 1. The molecule has 0 aliphatic carbocycles. The molecule has 0 bridgehead atoms. The summed E-state index contributed by atoms with van der Waals surface area (Å²) in [7, 11) is -3.47. The van der Waals surface area contributed by atoms with Crippen molar-refractivity contribution in [2.75, 3.05) is 32.7 Å². The van der Waals surface area contributed by atoms with E-state index < -0.39 is 10.0 Å². The van der Waals surface area contributed by atoms with E-state index in [-0.39, 0.29) is 18.5 Å². The molecule has 1 atom stereocenters. The monoisotopic (exact) mass is 377 g/mol. The maximum atomic E-state index is 12.6. The molecule has 1 saturated heterocycles. The van der Waals surface area contributed by atoms with Crippen molar-refractivity contribution in [1.29, 1.82) is 0 Å². The molecule has 1 aromatic heterocycles. The first-order valence-corrected chi connectivity index (χ1v) is 10.0. The number of rotatable bonds is 6. The minimum absolute atomic E-state index is 0.103. The average Bonchev–Trinajstić information content (AvgIpc) is 3.18. The molecule has 26 heavy (non-hydrogen) atoms. The van der Waals surface area contributed by atoms with Gasteiger partial charge in [-0.3, -0.25) is 9.69 Å². The molecule has 1 aromatic carbocycles. The van der Waals surface area contributed by atoms with Gasteiger partial charge in [0.25, 0.3) is 0 Å². The van der Waals surface area contributed by atoms with Gasteiger partial charge in [0.2, 0.25) is 15.9 Å². The zero-order chi connectivity index (χ0) is 18.6. The molecule has 8 heteroatoms. The highest BCUT2D eigenvalue weighted by Gasteiger charge is 2.29. The molecule has 0 radical (unpaired) electrons. The van der Waals surface area contributed by atoms with Gasteiger partial charge in [-0.05, 0) is 31.2 Å². The highest BCUT2D eigenvalue weighted by molar-refractivity contribution is 7.89. The van der Waals surface area contributed by atoms with Crippen molar-refractivity contribution in [1.82, 2.24) is 14.5 Å². The predicted molar refractivity (Wildman–Crippen MR) is 96.9 cm³/mol. The summed E-state index contributed by atoms with van der Waals surface area (Å²) in [5, 5.41) is 2.89. The number of amides is 1. The number of benzene rings is 1. The lowest BCUT2D eigenvalue weighted by Crippen LogP contribution is -2.51. The summed E-state index contributed by atoms with van der Waals surface area (Å²) < 4.78 is 32.0. The van der Waals surface area contributed by atoms with Gasteiger partial charge in [0.05, 0.1) is 23.7 Å². The van der Waals surface area contributed by atoms with E-state index in [1.54, 1.807) is 42.7 Å². The van der Waals surface area contributed by atoms with Gasteiger partial charge < -0.3 is 9.73 Å². The van der Waals surface area contributed by atoms with Gasteiger partial charge in [-0.1, -0.05) is 18.2 Å². The lowest BCUT2D eigenvalue weighted by atomic mass is 10.2. The fraction of sp³-hybridized carbons (Fsp3) is 0.389. The van der Waals surface area contributed by atoms with Crippen molar-refractivity contribution in [3.05, 3.63) is 54.5 Å². The van der Waals surface area contributed by atoms with Gasteiger partial charge in [-0.2, -0.15) is 4.31 Å². The van der Waals surface area contributed by atoms with E-state index in [4.69, 9.17) is 4.42 Å². The molecular formula is C18H23N3O4S. The van der Waals surface area contributed by atoms with Gasteiger partial charge >= 0.3 is 0 Å². The van der Waals surface area contributed by atoms with E-state index in [0.29, 0.717) is 36.8 Å². The summed E-state index contributed by atoms with van der Waals surface area (Å²) in [6.07, 6.45) is 1.57. The molecule has 1 aliphatic rings. The predicted octanol–water partition coefficient (Wildman–Crippen LogP) is 1.46. The summed E-state index contributed by atoms with van der Waals surface area (Å²) in [4.78, 5) is 14.5. The molecular weight excluding hydrogens is 354 g/mol. The maximum absolute atomic E-state index is 12.6. The summed E-state index contributed by atoms with van der Waals surface area (Å²) in [6, 6.07) is 11.8. The number of hydrogen-bond acceptors (Lipinski definition) is 5. The number of furan rings is 1. The minimum atomic E-state index is -3.47. The molecule has 1 amide bonds. The Hall–Kier alpha value is -2.16. The van der Waals surface area contributed by atoms with Crippen LogP contribution < -0.4 is 5.32 Å². The molecule has 3 rings (SSSR count). The van der Waals surface area contributed by atoms with E-state index in [1.807, 2.05) is 17.9 Å². The maximum Gasteiger partial charge on any atom is 0.243 e. The molecule has 0 saturated carbocycles. The van der Waals surface area contributed by atoms with Gasteiger partial charge in [0, 0.05) is 26.2 Å². The van der Waals surface area contributed by atoms with Crippen LogP contribution in [0.25, 0.3) is 0 Å². The summed E-state index contributed by atoms with van der Waals surface area (Å²) in [5.41, 5.74) is 0. The highest BCUT2D eigenvalue weighted by atomic mass is 32.2. The normalized spacial score (nSPS) is 17.7. The molecule has 1 fully saturated rings. The summed E-state index contributed by atoms with van der Waals surface area (Å²) in [6.45, 7) is 3.89. The van der Waals surface area contributed by atoms with Crippen LogP contribution in [0.5, 0.6) is 0 Å². The molecule has 7 nitrogen and oxygen atoms in total. The molecule has 2 heterocycles. The van der Waals surface area contributed by atoms with Crippen molar-refractivity contribution in [2.24, 2.45) is 0 Å². The van der Waals surface area contributed by atoms with Gasteiger partial charge in [0.15, 0.2) is 0 Å². The number of carbonyl (C=O) groups excluding carboxylic acids is 1. The fourth-order valence-corrected chi connectivity index (χ4v) is 4.41. The SMILES string of the molecule is CC(NC(=O)CN1CCN(S(=O)(=O)c2ccccc2)CC1)c1ccco1. The first-order chi connectivity index (χ1) is 12.5. The first-order valence-electron chi connectivity index (χ1n) is 8.57. The van der Waals surface area contributed by atoms with Crippen molar-refractivity contribution < 1.29 is 17.6 Å². The average molecular weight is 377 g/mol. The summed E-state index contributed by atoms with van der Waals surface area (Å²) in [5.74, 6) is 0.602. The molecule has 1 unspecified atom stereocenters. The standard InChI is InChI=1S/C18H23N3O4S/c1-15(17-8-5-13-25-17)19-18(22)14-20-9-11-21(12-10-20)26(23,24)16-6-3-2-4-7-16/h2-8,13,15H,9-12,14H2,1H3,(H,19,22). The van der Waals surface area contributed by atoms with Crippen LogP contribution in [0.4, 0.5) is 0 Å². The van der Waals surface area contributed by atoms with Crippen molar-refractivity contribution in [2.45, 2.75) is 17.9 Å². The Labute approximate surface area is 153 Å². The van der Waals surface area contributed by atoms with E-state index in [2.05, 4.69) is 5.32 Å². The number of hydrogen-bond donors (Lipinski definition) is 1. The van der Waals surface area contributed by atoms with Crippen molar-refractivity contribution in [3.8, 4) is 0 Å². The Morgan fingerprint density at radius 3 is 2.42 bits per heavy atom. The van der Waals surface area contributed by atoms with E-state index >= 15 is 0 Å². The lowest BCUT2D eigenvalue weighted by molar-refractivity contribution is -0.123. The second-order valence-corrected chi connectivity index (χ2v) is 8.24. The number of nitrogens with zero attached hydrogens (tertiary/aromatic N) is 2. The van der Waals surface area contributed by atoms with E-state index in [0.717, 1.165) is 0 Å². The highest BCUT2D eigenvalue weighted by Crippen LogP contribution is 2.17. The largest absolute Gasteiger partial charge is 0.467 e. The molecule has 2 aromatic rings. The Morgan fingerprint density at radius 1 is 1.12 bits per heavy atom. The Balaban J connectivity index is 1.50. The van der Waals surface area contributed by atoms with Crippen LogP contribution in [0.1, 0.15) is 18.7 Å². The number of nitrogens with one attached hydrogen (secondary N) is 1. The molecule has 140 valence electrons. The Bertz CT molecular complexity index is 813. The molecule has 1 N–H and O–H groups in total. The zero-order valence-electron chi connectivity index (χ0n) is 14.7. The van der Waals surface area contributed by atoms with Crippen LogP contribution in [0.15, 0.2) is 58.0 Å². The minimum Gasteiger partial charge on any atom is -0.467 e. The van der Waals surface area contributed by atoms with Crippen molar-refractivity contribution >= 4 is 15.9 Å². The van der Waals surface area contributed by atoms with Crippen molar-refractivity contribution in [3.63, 3.8) is 0 Å². The second kappa shape index (κ2) is 8.03. The second-order valence-electron chi connectivity index (χ2n) is 6.30. The third-order valence-electron chi connectivity index (χ3n) is 4.43. The fourth-order valence-electron chi connectivity index (χ4n) is 2.97. The lowest BCUT2D eigenvalue weighted by Gasteiger charge is -2.33. The number of carbonyl (C=O) groups is 1. The third kappa shape index (κ3) is 4.32. The Kier molecular flexibility index (Phi) is 5.75. The van der Waals surface area contributed by atoms with Gasteiger partial charge in [-0.25, -0.2) is 8.42 Å². The molecule has 1 aliphatic heterocycles.